The Bertz CT molecular complexity index is 1080. The molecule has 2 rings (SSSR count). The summed E-state index contributed by atoms with van der Waals surface area (Å²) in [6, 6.07) is 0. The highest BCUT2D eigenvalue weighted by Gasteiger charge is 2.36. The molecule has 0 spiro atoms. The van der Waals surface area contributed by atoms with E-state index in [4.69, 9.17) is 23.2 Å². The zero-order valence-corrected chi connectivity index (χ0v) is 21.3. The third-order valence-electron chi connectivity index (χ3n) is 5.58. The van der Waals surface area contributed by atoms with Crippen LogP contribution in [0.1, 0.15) is 32.6 Å². The van der Waals surface area contributed by atoms with Gasteiger partial charge in [-0.1, -0.05) is 43.0 Å². The summed E-state index contributed by atoms with van der Waals surface area (Å²) in [5, 5.41) is 18.0. The summed E-state index contributed by atoms with van der Waals surface area (Å²) in [6.45, 7) is 9.16. The van der Waals surface area contributed by atoms with Crippen molar-refractivity contribution in [3.8, 4) is 0 Å². The summed E-state index contributed by atoms with van der Waals surface area (Å²) in [4.78, 5) is 0.0228. The van der Waals surface area contributed by atoms with Crippen LogP contribution in [-0.4, -0.2) is 41.1 Å². The lowest BCUT2D eigenvalue weighted by atomic mass is 9.97. The lowest BCUT2D eigenvalue weighted by molar-refractivity contribution is -0.0485. The first-order valence-electron chi connectivity index (χ1n) is 10.8. The molecular weight excluding hydrogens is 500 g/mol. The number of hydrogen-bond acceptors (Lipinski definition) is 4. The molecule has 1 aliphatic carbocycles. The van der Waals surface area contributed by atoms with Gasteiger partial charge in [-0.15, -0.1) is 11.6 Å². The van der Waals surface area contributed by atoms with E-state index in [0.717, 1.165) is 5.57 Å². The summed E-state index contributed by atoms with van der Waals surface area (Å²) in [5.74, 6) is -0.523. The molecule has 0 amide bonds. The maximum Gasteiger partial charge on any atom is 0.264 e. The Morgan fingerprint density at radius 2 is 2.00 bits per heavy atom. The standard InChI is InChI=1S/C25H30Cl2FNO4S/c1-4-6-22(13-17(3)19-8-11-24(28)23(27)15-19)34(32,33)29-16-18(7-12-25(30)31)14-21(29)10-9-20(26)5-2/h4-6,8-11,13,18,23,25,30-31H,1-2,7,12,14-16H2,3H3/b17-13+,20-9+,21-10+,22-6+. The number of rotatable bonds is 10. The minimum atomic E-state index is -3.99. The smallest absolute Gasteiger partial charge is 0.264 e. The molecule has 2 atom stereocenters. The Labute approximate surface area is 211 Å². The Kier molecular flexibility index (Phi) is 10.6. The molecule has 1 saturated heterocycles. The minimum Gasteiger partial charge on any atom is -0.368 e. The average molecular weight is 530 g/mol. The summed E-state index contributed by atoms with van der Waals surface area (Å²) in [7, 11) is -3.99. The van der Waals surface area contributed by atoms with Crippen LogP contribution in [0.5, 0.6) is 0 Å². The van der Waals surface area contributed by atoms with Gasteiger partial charge in [-0.3, -0.25) is 4.31 Å². The second-order valence-electron chi connectivity index (χ2n) is 8.13. The van der Waals surface area contributed by atoms with Crippen molar-refractivity contribution in [2.45, 2.75) is 44.3 Å². The van der Waals surface area contributed by atoms with Crippen LogP contribution in [0.2, 0.25) is 0 Å². The zero-order chi connectivity index (χ0) is 25.5. The van der Waals surface area contributed by atoms with Gasteiger partial charge in [0.25, 0.3) is 10.0 Å². The molecule has 0 saturated carbocycles. The van der Waals surface area contributed by atoms with Gasteiger partial charge in [0.05, 0.1) is 10.3 Å². The summed E-state index contributed by atoms with van der Waals surface area (Å²) in [6.07, 6.45) is 11.7. The fraction of sp³-hybridized carbons (Fsp3) is 0.360. The number of allylic oxidation sites excluding steroid dienone is 13. The van der Waals surface area contributed by atoms with Gasteiger partial charge in [-0.2, -0.15) is 0 Å². The van der Waals surface area contributed by atoms with Crippen LogP contribution in [0.25, 0.3) is 0 Å². The van der Waals surface area contributed by atoms with Gasteiger partial charge in [-0.05, 0) is 80.1 Å². The number of aliphatic hydroxyl groups excluding tert-OH is 1. The molecule has 0 aromatic heterocycles. The first-order valence-corrected chi connectivity index (χ1v) is 13.0. The quantitative estimate of drug-likeness (QED) is 0.215. The van der Waals surface area contributed by atoms with E-state index >= 15 is 0 Å². The zero-order valence-electron chi connectivity index (χ0n) is 19.0. The fourth-order valence-electron chi connectivity index (χ4n) is 3.73. The second kappa shape index (κ2) is 12.7. The molecule has 0 radical (unpaired) electrons. The van der Waals surface area contributed by atoms with Crippen molar-refractivity contribution >= 4 is 33.2 Å². The van der Waals surface area contributed by atoms with Crippen molar-refractivity contribution < 1.29 is 23.0 Å². The van der Waals surface area contributed by atoms with Crippen LogP contribution in [-0.2, 0) is 10.0 Å². The molecule has 1 aliphatic heterocycles. The topological polar surface area (TPSA) is 77.8 Å². The van der Waals surface area contributed by atoms with Crippen LogP contribution in [0.4, 0.5) is 4.39 Å². The lowest BCUT2D eigenvalue weighted by Gasteiger charge is -2.22. The molecule has 2 N–H and O–H groups in total. The van der Waals surface area contributed by atoms with Gasteiger partial charge in [0, 0.05) is 17.3 Å². The molecule has 0 aromatic rings. The Hall–Kier alpha value is -1.90. The number of halogens is 3. The maximum atomic E-state index is 13.7. The Morgan fingerprint density at radius 1 is 1.29 bits per heavy atom. The average Bonchev–Trinajstić information content (AvgIpc) is 3.21. The van der Waals surface area contributed by atoms with Gasteiger partial charge >= 0.3 is 0 Å². The molecular formula is C25H30Cl2FNO4S. The van der Waals surface area contributed by atoms with Crippen molar-refractivity contribution in [2.75, 3.05) is 6.54 Å². The van der Waals surface area contributed by atoms with E-state index in [2.05, 4.69) is 13.2 Å². The number of alkyl halides is 1. The van der Waals surface area contributed by atoms with Gasteiger partial charge in [0.15, 0.2) is 6.29 Å². The summed E-state index contributed by atoms with van der Waals surface area (Å²) >= 11 is 12.0. The highest BCUT2D eigenvalue weighted by Crippen LogP contribution is 2.36. The van der Waals surface area contributed by atoms with E-state index in [9.17, 15) is 23.0 Å². The lowest BCUT2D eigenvalue weighted by Crippen LogP contribution is -2.29. The molecule has 9 heteroatoms. The molecule has 2 unspecified atom stereocenters. The Balaban J connectivity index is 2.44. The van der Waals surface area contributed by atoms with E-state index in [0.29, 0.717) is 29.1 Å². The van der Waals surface area contributed by atoms with Gasteiger partial charge < -0.3 is 10.2 Å². The van der Waals surface area contributed by atoms with E-state index < -0.39 is 27.5 Å². The largest absolute Gasteiger partial charge is 0.368 e. The van der Waals surface area contributed by atoms with Gasteiger partial charge in [-0.25, -0.2) is 12.8 Å². The number of nitrogens with zero attached hydrogens (tertiary/aromatic N) is 1. The molecule has 0 aromatic carbocycles. The predicted octanol–water partition coefficient (Wildman–Crippen LogP) is 5.73. The SMILES string of the molecule is C=C/C=C(\C=C(/C)C1=CC=C(F)C(Cl)C1)S(=O)(=O)N1CC(CCC(O)O)C/C1=C\C=C(\Cl)C=C. The highest BCUT2D eigenvalue weighted by molar-refractivity contribution is 7.93. The van der Waals surface area contributed by atoms with Crippen LogP contribution < -0.4 is 0 Å². The number of hydrogen-bond donors (Lipinski definition) is 2. The third-order valence-corrected chi connectivity index (χ3v) is 8.04. The molecule has 0 bridgehead atoms. The van der Waals surface area contributed by atoms with Crippen molar-refractivity contribution in [3.63, 3.8) is 0 Å². The second-order valence-corrected chi connectivity index (χ2v) is 11.0. The monoisotopic (exact) mass is 529 g/mol. The predicted molar refractivity (Wildman–Crippen MR) is 137 cm³/mol. The van der Waals surface area contributed by atoms with Crippen molar-refractivity contribution in [2.24, 2.45) is 5.92 Å². The summed E-state index contributed by atoms with van der Waals surface area (Å²) < 4.78 is 42.3. The van der Waals surface area contributed by atoms with Crippen LogP contribution in [0.3, 0.4) is 0 Å². The molecule has 2 aliphatic rings. The molecule has 34 heavy (non-hydrogen) atoms. The molecule has 1 fully saturated rings. The number of aliphatic hydroxyl groups is 2. The normalized spacial score (nSPS) is 23.9. The van der Waals surface area contributed by atoms with E-state index in [1.165, 1.54) is 34.7 Å². The van der Waals surface area contributed by atoms with Crippen LogP contribution >= 0.6 is 23.2 Å². The van der Waals surface area contributed by atoms with Crippen LogP contribution in [0.15, 0.2) is 94.4 Å². The first-order chi connectivity index (χ1) is 16.0. The Morgan fingerprint density at radius 3 is 2.59 bits per heavy atom. The van der Waals surface area contributed by atoms with E-state index in [1.807, 2.05) is 0 Å². The van der Waals surface area contributed by atoms with E-state index in [1.54, 1.807) is 25.2 Å². The number of sulfonamides is 1. The fourth-order valence-corrected chi connectivity index (χ4v) is 5.73. The van der Waals surface area contributed by atoms with Crippen molar-refractivity contribution in [1.82, 2.24) is 4.31 Å². The van der Waals surface area contributed by atoms with E-state index in [-0.39, 0.29) is 30.2 Å². The van der Waals surface area contributed by atoms with Crippen molar-refractivity contribution in [1.29, 1.82) is 0 Å². The van der Waals surface area contributed by atoms with Crippen LogP contribution in [0, 0.1) is 5.92 Å². The van der Waals surface area contributed by atoms with Gasteiger partial charge in [0.2, 0.25) is 0 Å². The first kappa shape index (κ1) is 28.3. The molecule has 186 valence electrons. The van der Waals surface area contributed by atoms with Gasteiger partial charge in [0.1, 0.15) is 5.83 Å². The molecule has 5 nitrogen and oxygen atoms in total. The minimum absolute atomic E-state index is 0.0228. The summed E-state index contributed by atoms with van der Waals surface area (Å²) in [5.41, 5.74) is 1.91. The maximum absolute atomic E-state index is 13.7. The highest BCUT2D eigenvalue weighted by atomic mass is 35.5. The molecule has 1 heterocycles. The third kappa shape index (κ3) is 7.55. The van der Waals surface area contributed by atoms with Crippen molar-refractivity contribution in [3.05, 3.63) is 94.4 Å².